The number of pyridine rings is 1. The Balaban J connectivity index is 0.00000720. The molecule has 4 heterocycles. The molecular formula is C48H51BrFN5O10S. The van der Waals surface area contributed by atoms with E-state index >= 15 is 0 Å². The molecule has 348 valence electrons. The van der Waals surface area contributed by atoms with Crippen LogP contribution in [-0.4, -0.2) is 75.1 Å². The molecule has 7 rings (SSSR count). The van der Waals surface area contributed by atoms with Crippen LogP contribution in [0.2, 0.25) is 0 Å². The van der Waals surface area contributed by atoms with E-state index in [1.54, 1.807) is 81.6 Å². The van der Waals surface area contributed by atoms with Crippen LogP contribution in [0.1, 0.15) is 70.8 Å². The second kappa shape index (κ2) is 20.9. The molecule has 3 aliphatic heterocycles. The van der Waals surface area contributed by atoms with Gasteiger partial charge in [0.1, 0.15) is 16.6 Å². The highest BCUT2D eigenvalue weighted by atomic mass is 79.9. The zero-order chi connectivity index (χ0) is 46.5. The van der Waals surface area contributed by atoms with Gasteiger partial charge in [-0.25, -0.2) is 28.7 Å². The van der Waals surface area contributed by atoms with Crippen LogP contribution in [-0.2, 0) is 46.5 Å². The molecule has 0 saturated carbocycles. The fourth-order valence-corrected chi connectivity index (χ4v) is 8.24. The lowest BCUT2D eigenvalue weighted by molar-refractivity contribution is -0.684. The van der Waals surface area contributed by atoms with E-state index in [0.717, 1.165) is 22.8 Å². The van der Waals surface area contributed by atoms with E-state index in [2.05, 4.69) is 10.6 Å². The highest BCUT2D eigenvalue weighted by Gasteiger charge is 2.50. The number of nitrogens with one attached hydrogen (secondary N) is 2. The van der Waals surface area contributed by atoms with Gasteiger partial charge in [0.05, 0.1) is 0 Å². The SMILES string of the molecule is CC(C)(C)OC(=O)NC1ON2C(C(=O)OC(c3ccccc3)c3ccccc3)=C(C=C3CCN(Cc4cc[n+](CC(=O)Nc5ccc(OC(=O)OC(C)(C)C)c(F)c5)cc4)C3=O)CSC12.[Br-]. The summed E-state index contributed by atoms with van der Waals surface area (Å²) in [5.74, 6) is -2.13. The minimum Gasteiger partial charge on any atom is -1.00 e. The molecule has 2 N–H and O–H groups in total. The second-order valence-corrected chi connectivity index (χ2v) is 18.6. The number of carbonyl (C=O) groups excluding carboxylic acids is 5. The lowest BCUT2D eigenvalue weighted by atomic mass is 10.0. The molecule has 0 spiro atoms. The summed E-state index contributed by atoms with van der Waals surface area (Å²) in [5, 5.41) is 6.34. The van der Waals surface area contributed by atoms with Gasteiger partial charge in [0.25, 0.3) is 5.91 Å². The van der Waals surface area contributed by atoms with Crippen LogP contribution >= 0.6 is 11.8 Å². The summed E-state index contributed by atoms with van der Waals surface area (Å²) in [6, 6.07) is 26.1. The highest BCUT2D eigenvalue weighted by molar-refractivity contribution is 8.00. The molecule has 0 aliphatic carbocycles. The van der Waals surface area contributed by atoms with Gasteiger partial charge in [-0.2, -0.15) is 4.57 Å². The molecule has 2 unspecified atom stereocenters. The van der Waals surface area contributed by atoms with E-state index in [-0.39, 0.29) is 46.6 Å². The van der Waals surface area contributed by atoms with Crippen molar-refractivity contribution in [1.82, 2.24) is 15.3 Å². The summed E-state index contributed by atoms with van der Waals surface area (Å²) in [6.45, 7) is 10.9. The van der Waals surface area contributed by atoms with Crippen molar-refractivity contribution in [2.24, 2.45) is 0 Å². The van der Waals surface area contributed by atoms with E-state index in [1.807, 2.05) is 60.7 Å². The number of amides is 3. The number of nitrogens with zero attached hydrogens (tertiary/aromatic N) is 3. The summed E-state index contributed by atoms with van der Waals surface area (Å²) in [6.07, 6.45) is 2.37. The molecule has 3 aliphatic rings. The molecule has 15 nitrogen and oxygen atoms in total. The predicted molar refractivity (Wildman–Crippen MR) is 237 cm³/mol. The monoisotopic (exact) mass is 987 g/mol. The first-order chi connectivity index (χ1) is 30.9. The first-order valence-corrected chi connectivity index (χ1v) is 22.0. The molecule has 3 aromatic carbocycles. The van der Waals surface area contributed by atoms with Gasteiger partial charge in [-0.05, 0) is 88.4 Å². The molecule has 2 fully saturated rings. The summed E-state index contributed by atoms with van der Waals surface area (Å²) >= 11 is 1.45. The fraction of sp³-hybridized carbons (Fsp3) is 0.333. The first-order valence-electron chi connectivity index (χ1n) is 21.0. The van der Waals surface area contributed by atoms with Crippen LogP contribution in [0.25, 0.3) is 0 Å². The van der Waals surface area contributed by atoms with E-state index in [9.17, 15) is 28.4 Å². The van der Waals surface area contributed by atoms with Crippen LogP contribution in [0.3, 0.4) is 0 Å². The van der Waals surface area contributed by atoms with Gasteiger partial charge in [-0.15, -0.1) is 11.8 Å². The van der Waals surface area contributed by atoms with Crippen molar-refractivity contribution in [1.29, 1.82) is 0 Å². The van der Waals surface area contributed by atoms with E-state index in [1.165, 1.54) is 29.0 Å². The molecule has 1 aromatic heterocycles. The zero-order valence-electron chi connectivity index (χ0n) is 37.2. The number of esters is 1. The number of hydroxylamine groups is 2. The van der Waals surface area contributed by atoms with E-state index in [0.29, 0.717) is 36.4 Å². The predicted octanol–water partition coefficient (Wildman–Crippen LogP) is 4.49. The lowest BCUT2D eigenvalue weighted by Gasteiger charge is -2.50. The number of benzene rings is 3. The molecule has 3 amide bonds. The second-order valence-electron chi connectivity index (χ2n) is 17.5. The smallest absolute Gasteiger partial charge is 0.514 e. The Morgan fingerprint density at radius 2 is 1.55 bits per heavy atom. The Kier molecular flexibility index (Phi) is 15.6. The minimum absolute atomic E-state index is 0. The number of carbonyl (C=O) groups is 5. The Labute approximate surface area is 397 Å². The summed E-state index contributed by atoms with van der Waals surface area (Å²) in [5.41, 5.74) is 2.19. The van der Waals surface area contributed by atoms with Crippen molar-refractivity contribution in [3.05, 3.63) is 149 Å². The van der Waals surface area contributed by atoms with Gasteiger partial charge < -0.3 is 46.1 Å². The van der Waals surface area contributed by atoms with Gasteiger partial charge in [0.15, 0.2) is 42.0 Å². The van der Waals surface area contributed by atoms with Crippen molar-refractivity contribution in [3.8, 4) is 5.75 Å². The third-order valence-corrected chi connectivity index (χ3v) is 11.2. The van der Waals surface area contributed by atoms with Crippen molar-refractivity contribution >= 4 is 47.5 Å². The number of thioether (sulfide) groups is 1. The van der Waals surface area contributed by atoms with Crippen molar-refractivity contribution in [2.45, 2.75) is 90.0 Å². The molecule has 2 atom stereocenters. The van der Waals surface area contributed by atoms with Gasteiger partial charge in [0, 0.05) is 48.3 Å². The maximum absolute atomic E-state index is 14.7. The molecule has 66 heavy (non-hydrogen) atoms. The number of allylic oxidation sites excluding steroid dienone is 1. The normalized spacial score (nSPS) is 17.6. The molecule has 0 bridgehead atoms. The standard InChI is InChI=1S/C48H50FN5O10S.BrH/c1-47(2,3)62-45(58)51-41-43-54(64-41)39(44(57)61-40(31-13-9-7-10-14-31)32-15-11-8-12-16-32)34(29-65-43)25-33-21-24-53(42(33)56)27-30-19-22-52(23-20-30)28-38(55)50-35-17-18-37(36(49)26-35)60-46(59)63-48(4,5)6;/h7-20,22-23,25-26,40-41,43H,21,24,27-29H2,1-6H3,(H-,50,51,55,58);1H. The zero-order valence-corrected chi connectivity index (χ0v) is 39.7. The molecule has 2 saturated heterocycles. The number of alkyl carbamates (subject to hydrolysis) is 1. The Morgan fingerprint density at radius 3 is 2.15 bits per heavy atom. The number of fused-ring (bicyclic) bond motifs is 1. The van der Waals surface area contributed by atoms with Crippen molar-refractivity contribution < 1.29 is 73.7 Å². The Hall–Kier alpha value is -6.24. The summed E-state index contributed by atoms with van der Waals surface area (Å²) in [7, 11) is 0. The number of anilines is 1. The fourth-order valence-electron chi connectivity index (χ4n) is 7.09. The van der Waals surface area contributed by atoms with E-state index in [4.69, 9.17) is 23.8 Å². The average molecular weight is 989 g/mol. The van der Waals surface area contributed by atoms with Gasteiger partial charge >= 0.3 is 18.2 Å². The minimum atomic E-state index is -1.05. The highest BCUT2D eigenvalue weighted by Crippen LogP contribution is 2.43. The number of hydrogen-bond donors (Lipinski definition) is 2. The number of hydrogen-bond acceptors (Lipinski definition) is 12. The lowest BCUT2D eigenvalue weighted by Crippen LogP contribution is -3.00. The van der Waals surface area contributed by atoms with Gasteiger partial charge in [-0.1, -0.05) is 60.7 Å². The number of rotatable bonds is 12. The maximum Gasteiger partial charge on any atom is 0.514 e. The molecule has 0 radical (unpaired) electrons. The summed E-state index contributed by atoms with van der Waals surface area (Å²) < 4.78 is 38.0. The third kappa shape index (κ3) is 12.8. The number of halogens is 2. The Bertz CT molecular complexity index is 2460. The topological polar surface area (TPSA) is 166 Å². The van der Waals surface area contributed by atoms with Crippen LogP contribution in [0.4, 0.5) is 19.7 Å². The average Bonchev–Trinajstić information content (AvgIpc) is 3.57. The molecule has 18 heteroatoms. The molecule has 4 aromatic rings. The molecular weight excluding hydrogens is 938 g/mol. The van der Waals surface area contributed by atoms with Crippen LogP contribution in [0.15, 0.2) is 126 Å². The van der Waals surface area contributed by atoms with Crippen LogP contribution in [0, 0.1) is 5.82 Å². The van der Waals surface area contributed by atoms with Crippen LogP contribution in [0.5, 0.6) is 5.75 Å². The van der Waals surface area contributed by atoms with Gasteiger partial charge in [-0.3, -0.25) is 14.9 Å². The van der Waals surface area contributed by atoms with Crippen LogP contribution < -0.4 is 36.9 Å². The van der Waals surface area contributed by atoms with Gasteiger partial charge in [0.2, 0.25) is 12.5 Å². The number of aromatic nitrogens is 1. The van der Waals surface area contributed by atoms with E-state index < -0.39 is 58.9 Å². The maximum atomic E-state index is 14.7. The van der Waals surface area contributed by atoms with Crippen molar-refractivity contribution in [3.63, 3.8) is 0 Å². The third-order valence-electron chi connectivity index (χ3n) is 9.95. The quantitative estimate of drug-likeness (QED) is 0.0674. The number of ether oxygens (including phenoxy) is 4. The largest absolute Gasteiger partial charge is 1.00 e. The number of likely N-dealkylation sites (tertiary alicyclic amines) is 1. The summed E-state index contributed by atoms with van der Waals surface area (Å²) in [4.78, 5) is 73.4. The van der Waals surface area contributed by atoms with Crippen molar-refractivity contribution in [2.75, 3.05) is 17.6 Å². The first kappa shape index (κ1) is 49.2. The Morgan fingerprint density at radius 1 is 0.909 bits per heavy atom.